The Morgan fingerprint density at radius 1 is 1.04 bits per heavy atom. The molecule has 0 fully saturated rings. The van der Waals surface area contributed by atoms with Gasteiger partial charge in [-0.25, -0.2) is 4.79 Å². The fourth-order valence-electron chi connectivity index (χ4n) is 2.08. The number of rotatable bonds is 4. The summed E-state index contributed by atoms with van der Waals surface area (Å²) in [6.07, 6.45) is 0. The van der Waals surface area contributed by atoms with Crippen LogP contribution in [-0.4, -0.2) is 25.3 Å². The van der Waals surface area contributed by atoms with Crippen molar-refractivity contribution in [2.45, 2.75) is 0 Å². The van der Waals surface area contributed by atoms with Gasteiger partial charge in [-0.3, -0.25) is 4.79 Å². The third-order valence-electron chi connectivity index (χ3n) is 3.21. The number of ether oxygens (including phenoxy) is 3. The number of hydrogen-bond donors (Lipinski definition) is 1. The Bertz CT molecular complexity index is 833. The molecule has 0 saturated carbocycles. The van der Waals surface area contributed by atoms with Gasteiger partial charge in [0.15, 0.2) is 18.1 Å². The molecule has 6 nitrogen and oxygen atoms in total. The summed E-state index contributed by atoms with van der Waals surface area (Å²) in [5, 5.41) is 2.78. The van der Waals surface area contributed by atoms with Gasteiger partial charge >= 0.3 is 5.97 Å². The summed E-state index contributed by atoms with van der Waals surface area (Å²) in [5.41, 5.74) is 1.02. The van der Waals surface area contributed by atoms with Crippen LogP contribution in [0.3, 0.4) is 0 Å². The maximum Gasteiger partial charge on any atom is 0.338 e. The highest BCUT2D eigenvalue weighted by Crippen LogP contribution is 2.32. The Balaban J connectivity index is 1.60. The van der Waals surface area contributed by atoms with Crippen molar-refractivity contribution in [3.05, 3.63) is 46.6 Å². The molecule has 0 spiro atoms. The van der Waals surface area contributed by atoms with Crippen LogP contribution in [0.25, 0.3) is 0 Å². The summed E-state index contributed by atoms with van der Waals surface area (Å²) >= 11 is 6.52. The third-order valence-corrected chi connectivity index (χ3v) is 5.54. The minimum absolute atomic E-state index is 0.128. The fourth-order valence-corrected chi connectivity index (χ4v) is 5.93. The van der Waals surface area contributed by atoms with E-state index in [1.165, 1.54) is 6.07 Å². The van der Waals surface area contributed by atoms with E-state index in [4.69, 9.17) is 14.2 Å². The number of anilines is 1. The number of halogens is 3. The van der Waals surface area contributed by atoms with Gasteiger partial charge in [-0.1, -0.05) is 0 Å². The number of carbonyl (C=O) groups is 2. The van der Waals surface area contributed by atoms with E-state index < -0.39 is 11.9 Å². The number of carbonyl (C=O) groups excluding carboxylic acids is 2. The second kappa shape index (κ2) is 8.24. The van der Waals surface area contributed by atoms with Gasteiger partial charge in [0.1, 0.15) is 0 Å². The summed E-state index contributed by atoms with van der Waals surface area (Å²) in [7, 11) is 0. The molecule has 0 atom stereocenters. The minimum Gasteiger partial charge on any atom is -0.454 e. The van der Waals surface area contributed by atoms with Crippen molar-refractivity contribution in [1.82, 2.24) is 0 Å². The largest absolute Gasteiger partial charge is 0.454 e. The van der Waals surface area contributed by atoms with Crippen molar-refractivity contribution < 1.29 is 23.8 Å². The molecule has 1 N–H and O–H groups in total. The lowest BCUT2D eigenvalue weighted by Gasteiger charge is -2.11. The first-order valence-electron chi connectivity index (χ1n) is 6.95. The molecular formula is C16H10I3NO5. The van der Waals surface area contributed by atoms with Crippen LogP contribution in [-0.2, 0) is 9.53 Å². The zero-order chi connectivity index (χ0) is 18.0. The molecule has 1 aliphatic heterocycles. The topological polar surface area (TPSA) is 73.9 Å². The molecule has 0 bridgehead atoms. The maximum atomic E-state index is 12.1. The van der Waals surface area contributed by atoms with E-state index in [2.05, 4.69) is 73.1 Å². The average Bonchev–Trinajstić information content (AvgIpc) is 3.03. The quantitative estimate of drug-likeness (QED) is 0.392. The smallest absolute Gasteiger partial charge is 0.338 e. The normalized spacial score (nSPS) is 12.0. The number of nitrogens with one attached hydrogen (secondary N) is 1. The Morgan fingerprint density at radius 2 is 1.72 bits per heavy atom. The second-order valence-electron chi connectivity index (χ2n) is 4.94. The van der Waals surface area contributed by atoms with Crippen LogP contribution in [0.5, 0.6) is 11.5 Å². The van der Waals surface area contributed by atoms with Crippen LogP contribution < -0.4 is 14.8 Å². The van der Waals surface area contributed by atoms with Crippen LogP contribution >= 0.6 is 67.8 Å². The molecule has 130 valence electrons. The third kappa shape index (κ3) is 4.67. The highest BCUT2D eigenvalue weighted by molar-refractivity contribution is 14.1. The van der Waals surface area contributed by atoms with Crippen LogP contribution in [0, 0.1) is 10.7 Å². The summed E-state index contributed by atoms with van der Waals surface area (Å²) in [5.74, 6) is 0.0747. The summed E-state index contributed by atoms with van der Waals surface area (Å²) in [6.45, 7) is -0.241. The monoisotopic (exact) mass is 677 g/mol. The van der Waals surface area contributed by atoms with E-state index in [9.17, 15) is 9.59 Å². The molecule has 3 rings (SSSR count). The number of hydrogen-bond acceptors (Lipinski definition) is 5. The van der Waals surface area contributed by atoms with Crippen LogP contribution in [0.4, 0.5) is 5.69 Å². The molecule has 2 aromatic rings. The predicted molar refractivity (Wildman–Crippen MR) is 116 cm³/mol. The molecule has 1 aliphatic rings. The first-order valence-corrected chi connectivity index (χ1v) is 10.2. The number of benzene rings is 2. The molecule has 0 unspecified atom stereocenters. The highest BCUT2D eigenvalue weighted by atomic mass is 127. The zero-order valence-electron chi connectivity index (χ0n) is 12.5. The van der Waals surface area contributed by atoms with Crippen LogP contribution in [0.1, 0.15) is 10.4 Å². The van der Waals surface area contributed by atoms with E-state index in [-0.39, 0.29) is 13.4 Å². The Kier molecular flexibility index (Phi) is 6.25. The van der Waals surface area contributed by atoms with Gasteiger partial charge in [-0.2, -0.15) is 0 Å². The van der Waals surface area contributed by atoms with E-state index in [0.717, 1.165) is 10.7 Å². The molecule has 0 radical (unpaired) electrons. The maximum absolute atomic E-state index is 12.1. The van der Waals surface area contributed by atoms with Gasteiger partial charge in [0.25, 0.3) is 5.91 Å². The molecule has 2 aromatic carbocycles. The zero-order valence-corrected chi connectivity index (χ0v) is 18.9. The van der Waals surface area contributed by atoms with Crippen LogP contribution in [0.2, 0.25) is 0 Å². The van der Waals surface area contributed by atoms with Gasteiger partial charge < -0.3 is 19.5 Å². The van der Waals surface area contributed by atoms with E-state index >= 15 is 0 Å². The van der Waals surface area contributed by atoms with Crippen molar-refractivity contribution in [3.8, 4) is 11.5 Å². The SMILES string of the molecule is O=C(COC(=O)c1ccc2c(c1)OCO2)Nc1c(I)cc(I)cc1I. The van der Waals surface area contributed by atoms with Crippen molar-refractivity contribution in [2.75, 3.05) is 18.7 Å². The van der Waals surface area contributed by atoms with E-state index in [0.29, 0.717) is 22.7 Å². The Morgan fingerprint density at radius 3 is 2.44 bits per heavy atom. The van der Waals surface area contributed by atoms with E-state index in [1.54, 1.807) is 12.1 Å². The average molecular weight is 677 g/mol. The first kappa shape index (κ1) is 18.9. The number of esters is 1. The lowest BCUT2D eigenvalue weighted by molar-refractivity contribution is -0.119. The highest BCUT2D eigenvalue weighted by Gasteiger charge is 2.18. The van der Waals surface area contributed by atoms with Gasteiger partial charge in [-0.15, -0.1) is 0 Å². The van der Waals surface area contributed by atoms with E-state index in [1.807, 2.05) is 12.1 Å². The fraction of sp³-hybridized carbons (Fsp3) is 0.125. The van der Waals surface area contributed by atoms with Gasteiger partial charge in [0.05, 0.1) is 11.3 Å². The van der Waals surface area contributed by atoms with Crippen molar-refractivity contribution in [1.29, 1.82) is 0 Å². The first-order chi connectivity index (χ1) is 11.9. The molecule has 0 saturated heterocycles. The standard InChI is InChI=1S/C16H10I3NO5/c17-9-4-10(18)15(11(19)5-9)20-14(21)6-23-16(22)8-1-2-12-13(3-8)25-7-24-12/h1-5H,6-7H2,(H,20,21). The predicted octanol–water partition coefficient (Wildman–Crippen LogP) is 4.02. The number of amides is 1. The molecule has 0 aliphatic carbocycles. The second-order valence-corrected chi connectivity index (χ2v) is 8.51. The van der Waals surface area contributed by atoms with Crippen molar-refractivity contribution in [2.24, 2.45) is 0 Å². The molecule has 9 heteroatoms. The molecule has 1 amide bonds. The lowest BCUT2D eigenvalue weighted by atomic mass is 10.2. The van der Waals surface area contributed by atoms with Gasteiger partial charge in [0.2, 0.25) is 6.79 Å². The summed E-state index contributed by atoms with van der Waals surface area (Å²) in [4.78, 5) is 24.2. The lowest BCUT2D eigenvalue weighted by Crippen LogP contribution is -2.22. The molecule has 0 aromatic heterocycles. The summed E-state index contributed by atoms with van der Waals surface area (Å²) in [6, 6.07) is 8.65. The van der Waals surface area contributed by atoms with Crippen molar-refractivity contribution >= 4 is 85.3 Å². The summed E-state index contributed by atoms with van der Waals surface area (Å²) < 4.78 is 18.4. The molecular weight excluding hydrogens is 667 g/mol. The molecule has 25 heavy (non-hydrogen) atoms. The minimum atomic E-state index is -0.597. The number of fused-ring (bicyclic) bond motifs is 1. The van der Waals surface area contributed by atoms with Gasteiger partial charge in [0, 0.05) is 10.7 Å². The Hall–Kier alpha value is -0.830. The van der Waals surface area contributed by atoms with Crippen molar-refractivity contribution in [3.63, 3.8) is 0 Å². The molecule has 1 heterocycles. The Labute approximate surface area is 184 Å². The van der Waals surface area contributed by atoms with Gasteiger partial charge in [-0.05, 0) is 98.1 Å². The van der Waals surface area contributed by atoms with Crippen LogP contribution in [0.15, 0.2) is 30.3 Å².